The van der Waals surface area contributed by atoms with Gasteiger partial charge in [0.15, 0.2) is 0 Å². The first kappa shape index (κ1) is 12.4. The number of anilines is 1. The summed E-state index contributed by atoms with van der Waals surface area (Å²) < 4.78 is 0. The molecule has 0 amide bonds. The molecule has 0 atom stereocenters. The summed E-state index contributed by atoms with van der Waals surface area (Å²) >= 11 is 0. The van der Waals surface area contributed by atoms with Gasteiger partial charge in [-0.15, -0.1) is 0 Å². The highest BCUT2D eigenvalue weighted by atomic mass is 15.1. The molecule has 1 aromatic rings. The van der Waals surface area contributed by atoms with Crippen LogP contribution in [0.1, 0.15) is 30.9 Å². The van der Waals surface area contributed by atoms with Crippen LogP contribution in [0.15, 0.2) is 18.2 Å². The lowest BCUT2D eigenvalue weighted by Gasteiger charge is -2.22. The average Bonchev–Trinajstić information content (AvgIpc) is 3.10. The van der Waals surface area contributed by atoms with Gasteiger partial charge in [0.05, 0.1) is 0 Å². The molecule has 0 spiro atoms. The van der Waals surface area contributed by atoms with Gasteiger partial charge in [-0.25, -0.2) is 0 Å². The summed E-state index contributed by atoms with van der Waals surface area (Å²) in [5, 5.41) is 3.37. The van der Waals surface area contributed by atoms with Gasteiger partial charge in [-0.2, -0.15) is 0 Å². The third kappa shape index (κ3) is 3.47. The molecular formula is C15H24N2. The van der Waals surface area contributed by atoms with Crippen molar-refractivity contribution in [3.63, 3.8) is 0 Å². The number of rotatable bonds is 6. The maximum Gasteiger partial charge on any atom is 0.0393 e. The van der Waals surface area contributed by atoms with Crippen molar-refractivity contribution in [1.82, 2.24) is 5.32 Å². The molecule has 0 aliphatic heterocycles. The van der Waals surface area contributed by atoms with E-state index in [1.54, 1.807) is 0 Å². The number of nitrogens with zero attached hydrogens (tertiary/aromatic N) is 1. The van der Waals surface area contributed by atoms with Crippen molar-refractivity contribution in [3.05, 3.63) is 29.3 Å². The van der Waals surface area contributed by atoms with Crippen LogP contribution in [-0.2, 0) is 6.54 Å². The van der Waals surface area contributed by atoms with E-state index in [1.165, 1.54) is 36.2 Å². The first-order chi connectivity index (χ1) is 8.20. The van der Waals surface area contributed by atoms with E-state index < -0.39 is 0 Å². The fourth-order valence-electron chi connectivity index (χ4n) is 2.31. The minimum absolute atomic E-state index is 0.945. The summed E-state index contributed by atoms with van der Waals surface area (Å²) in [6, 6.07) is 6.82. The quantitative estimate of drug-likeness (QED) is 0.811. The zero-order valence-corrected chi connectivity index (χ0v) is 11.3. The smallest absolute Gasteiger partial charge is 0.0393 e. The fourth-order valence-corrected chi connectivity index (χ4v) is 2.31. The first-order valence-corrected chi connectivity index (χ1v) is 6.72. The molecule has 2 rings (SSSR count). The zero-order chi connectivity index (χ0) is 12.3. The molecule has 1 aliphatic rings. The highest BCUT2D eigenvalue weighted by Crippen LogP contribution is 2.31. The van der Waals surface area contributed by atoms with E-state index in [1.807, 2.05) is 0 Å². The van der Waals surface area contributed by atoms with E-state index in [2.05, 4.69) is 49.3 Å². The molecule has 0 heterocycles. The Morgan fingerprint density at radius 3 is 2.71 bits per heavy atom. The Labute approximate surface area is 105 Å². The molecule has 0 saturated heterocycles. The van der Waals surface area contributed by atoms with Crippen LogP contribution in [0.25, 0.3) is 0 Å². The molecule has 0 unspecified atom stereocenters. The predicted octanol–water partition coefficient (Wildman–Crippen LogP) is 2.95. The summed E-state index contributed by atoms with van der Waals surface area (Å²) in [7, 11) is 2.21. The molecule has 1 N–H and O–H groups in total. The van der Waals surface area contributed by atoms with Crippen LogP contribution in [-0.4, -0.2) is 20.1 Å². The van der Waals surface area contributed by atoms with E-state index in [9.17, 15) is 0 Å². The van der Waals surface area contributed by atoms with Crippen LogP contribution in [0.5, 0.6) is 0 Å². The zero-order valence-electron chi connectivity index (χ0n) is 11.3. The van der Waals surface area contributed by atoms with Gasteiger partial charge in [0, 0.05) is 25.8 Å². The van der Waals surface area contributed by atoms with Crippen molar-refractivity contribution in [2.75, 3.05) is 25.0 Å². The monoisotopic (exact) mass is 232 g/mol. The summed E-state index contributed by atoms with van der Waals surface area (Å²) in [5.74, 6) is 0.945. The predicted molar refractivity (Wildman–Crippen MR) is 74.6 cm³/mol. The highest BCUT2D eigenvalue weighted by molar-refractivity contribution is 5.54. The fraction of sp³-hybridized carbons (Fsp3) is 0.600. The lowest BCUT2D eigenvalue weighted by molar-refractivity contribution is 0.725. The minimum atomic E-state index is 0.945. The largest absolute Gasteiger partial charge is 0.374 e. The molecule has 1 fully saturated rings. The Bertz CT molecular complexity index is 369. The maximum atomic E-state index is 3.37. The van der Waals surface area contributed by atoms with E-state index in [0.717, 1.165) is 19.0 Å². The number of benzene rings is 1. The molecule has 2 heteroatoms. The van der Waals surface area contributed by atoms with Crippen LogP contribution >= 0.6 is 0 Å². The Kier molecular flexibility index (Phi) is 4.06. The number of hydrogen-bond donors (Lipinski definition) is 1. The van der Waals surface area contributed by atoms with Gasteiger partial charge in [-0.3, -0.25) is 0 Å². The SMILES string of the molecule is CCNCc1ccc(N(C)CC2CC2)c(C)c1. The van der Waals surface area contributed by atoms with Gasteiger partial charge in [0.25, 0.3) is 0 Å². The third-order valence-electron chi connectivity index (χ3n) is 3.48. The summed E-state index contributed by atoms with van der Waals surface area (Å²) in [6.07, 6.45) is 2.84. The molecule has 2 nitrogen and oxygen atoms in total. The van der Waals surface area contributed by atoms with Crippen molar-refractivity contribution < 1.29 is 0 Å². The van der Waals surface area contributed by atoms with Crippen LogP contribution in [0.3, 0.4) is 0 Å². The van der Waals surface area contributed by atoms with Crippen molar-refractivity contribution >= 4 is 5.69 Å². The summed E-state index contributed by atoms with van der Waals surface area (Å²) in [6.45, 7) is 7.58. The normalized spacial score (nSPS) is 15.0. The van der Waals surface area contributed by atoms with Crippen LogP contribution in [0, 0.1) is 12.8 Å². The second-order valence-electron chi connectivity index (χ2n) is 5.23. The summed E-state index contributed by atoms with van der Waals surface area (Å²) in [5.41, 5.74) is 4.16. The molecule has 1 aliphatic carbocycles. The van der Waals surface area contributed by atoms with Gasteiger partial charge in [0.2, 0.25) is 0 Å². The highest BCUT2D eigenvalue weighted by Gasteiger charge is 2.23. The van der Waals surface area contributed by atoms with E-state index >= 15 is 0 Å². The standard InChI is InChI=1S/C15H24N2/c1-4-16-10-14-7-8-15(12(2)9-14)17(3)11-13-5-6-13/h7-9,13,16H,4-6,10-11H2,1-3H3. The molecule has 0 radical (unpaired) electrons. The molecule has 17 heavy (non-hydrogen) atoms. The topological polar surface area (TPSA) is 15.3 Å². The van der Waals surface area contributed by atoms with Crippen molar-refractivity contribution in [3.8, 4) is 0 Å². The van der Waals surface area contributed by atoms with Crippen molar-refractivity contribution in [2.45, 2.75) is 33.2 Å². The number of hydrogen-bond acceptors (Lipinski definition) is 2. The lowest BCUT2D eigenvalue weighted by Crippen LogP contribution is -2.21. The van der Waals surface area contributed by atoms with Crippen LogP contribution in [0.2, 0.25) is 0 Å². The number of aryl methyl sites for hydroxylation is 1. The van der Waals surface area contributed by atoms with E-state index in [0.29, 0.717) is 0 Å². The Morgan fingerprint density at radius 1 is 1.35 bits per heavy atom. The second kappa shape index (κ2) is 5.54. The molecule has 0 bridgehead atoms. The van der Waals surface area contributed by atoms with Gasteiger partial charge >= 0.3 is 0 Å². The van der Waals surface area contributed by atoms with Crippen molar-refractivity contribution in [2.24, 2.45) is 5.92 Å². The third-order valence-corrected chi connectivity index (χ3v) is 3.48. The second-order valence-corrected chi connectivity index (χ2v) is 5.23. The average molecular weight is 232 g/mol. The number of nitrogens with one attached hydrogen (secondary N) is 1. The van der Waals surface area contributed by atoms with E-state index in [-0.39, 0.29) is 0 Å². The van der Waals surface area contributed by atoms with Crippen LogP contribution < -0.4 is 10.2 Å². The molecular weight excluding hydrogens is 208 g/mol. The Morgan fingerprint density at radius 2 is 2.12 bits per heavy atom. The minimum Gasteiger partial charge on any atom is -0.374 e. The molecule has 1 aromatic carbocycles. The van der Waals surface area contributed by atoms with Crippen LogP contribution in [0.4, 0.5) is 5.69 Å². The van der Waals surface area contributed by atoms with Gasteiger partial charge in [0.1, 0.15) is 0 Å². The van der Waals surface area contributed by atoms with Gasteiger partial charge in [-0.1, -0.05) is 19.1 Å². The van der Waals surface area contributed by atoms with Crippen molar-refractivity contribution in [1.29, 1.82) is 0 Å². The Balaban J connectivity index is 2.01. The molecule has 94 valence electrons. The lowest BCUT2D eigenvalue weighted by atomic mass is 10.1. The van der Waals surface area contributed by atoms with Gasteiger partial charge in [-0.05, 0) is 49.4 Å². The van der Waals surface area contributed by atoms with Gasteiger partial charge < -0.3 is 10.2 Å². The molecule has 1 saturated carbocycles. The molecule has 0 aromatic heterocycles. The first-order valence-electron chi connectivity index (χ1n) is 6.72. The van der Waals surface area contributed by atoms with E-state index in [4.69, 9.17) is 0 Å². The Hall–Kier alpha value is -1.02. The maximum absolute atomic E-state index is 3.37. The summed E-state index contributed by atoms with van der Waals surface area (Å²) in [4.78, 5) is 2.41.